The number of aliphatic hydroxyl groups is 2. The van der Waals surface area contributed by atoms with Crippen molar-refractivity contribution in [2.45, 2.75) is 63.8 Å². The zero-order valence-electron chi connectivity index (χ0n) is 18.4. The molecule has 1 aliphatic heterocycles. The molecule has 5 aliphatic rings. The van der Waals surface area contributed by atoms with E-state index < -0.39 is 34.6 Å². The van der Waals surface area contributed by atoms with Gasteiger partial charge in [0.25, 0.3) is 0 Å². The van der Waals surface area contributed by atoms with Gasteiger partial charge in [-0.15, -0.1) is 0 Å². The Morgan fingerprint density at radius 3 is 2.59 bits per heavy atom. The monoisotopic (exact) mass is 440 g/mol. The van der Waals surface area contributed by atoms with Gasteiger partial charge < -0.3 is 25.2 Å². The molecule has 7 heteroatoms. The molecular formula is C25H28O7. The number of carbonyl (C=O) groups excluding carboxylic acids is 2. The zero-order chi connectivity index (χ0) is 23.4. The van der Waals surface area contributed by atoms with Gasteiger partial charge in [-0.3, -0.25) is 9.59 Å². The fourth-order valence-corrected chi connectivity index (χ4v) is 4.70. The fraction of sp³-hybridized carbons (Fsp3) is 0.440. The molecule has 1 spiro atoms. The van der Waals surface area contributed by atoms with Crippen molar-refractivity contribution in [1.29, 1.82) is 0 Å². The number of allylic oxidation sites excluding steroid dienone is 2. The summed E-state index contributed by atoms with van der Waals surface area (Å²) < 4.78 is 6.19. The standard InChI is InChI=1S/C25H28O7/c1-13-5-4-6-14(12-26)9-15-18(27)10-16-20(21(15)29)22(30)17-11-19(28)24(2,3)32-25(17,8-7-13)23(16)31/h6-7,10-11,19,26-29H,4-5,8-9,12H2,1-3H3. The molecule has 0 amide bonds. The minimum atomic E-state index is -1.66. The van der Waals surface area contributed by atoms with Crippen LogP contribution in [0.2, 0.25) is 0 Å². The highest BCUT2D eigenvalue weighted by Gasteiger charge is 2.57. The molecule has 7 nitrogen and oxygen atoms in total. The van der Waals surface area contributed by atoms with Gasteiger partial charge in [0.15, 0.2) is 11.4 Å². The third-order valence-electron chi connectivity index (χ3n) is 6.69. The topological polar surface area (TPSA) is 124 Å². The number of hydrogen-bond acceptors (Lipinski definition) is 7. The number of phenols is 2. The average molecular weight is 440 g/mol. The normalized spacial score (nSPS) is 27.4. The van der Waals surface area contributed by atoms with Crippen LogP contribution in [0.5, 0.6) is 11.5 Å². The summed E-state index contributed by atoms with van der Waals surface area (Å²) in [5.41, 5.74) is -1.49. The van der Waals surface area contributed by atoms with Gasteiger partial charge >= 0.3 is 0 Å². The van der Waals surface area contributed by atoms with E-state index in [1.165, 1.54) is 12.1 Å². The summed E-state index contributed by atoms with van der Waals surface area (Å²) in [5, 5.41) is 41.9. The van der Waals surface area contributed by atoms with Crippen LogP contribution in [-0.2, 0) is 11.2 Å². The first-order chi connectivity index (χ1) is 15.0. The number of ketones is 2. The second kappa shape index (κ2) is 7.69. The highest BCUT2D eigenvalue weighted by Crippen LogP contribution is 2.49. The number of aromatic hydroxyl groups is 2. The smallest absolute Gasteiger partial charge is 0.200 e. The van der Waals surface area contributed by atoms with E-state index in [0.29, 0.717) is 18.4 Å². The zero-order valence-corrected chi connectivity index (χ0v) is 18.4. The second-order valence-electron chi connectivity index (χ2n) is 9.35. The molecule has 0 aromatic heterocycles. The Morgan fingerprint density at radius 2 is 1.91 bits per heavy atom. The second-order valence-corrected chi connectivity index (χ2v) is 9.35. The predicted molar refractivity (Wildman–Crippen MR) is 117 cm³/mol. The summed E-state index contributed by atoms with van der Waals surface area (Å²) >= 11 is 0. The van der Waals surface area contributed by atoms with E-state index in [1.54, 1.807) is 13.8 Å². The van der Waals surface area contributed by atoms with Crippen LogP contribution >= 0.6 is 0 Å². The third kappa shape index (κ3) is 3.32. The highest BCUT2D eigenvalue weighted by atomic mass is 16.5. The van der Waals surface area contributed by atoms with Crippen molar-refractivity contribution in [3.8, 4) is 11.5 Å². The molecule has 32 heavy (non-hydrogen) atoms. The van der Waals surface area contributed by atoms with Crippen LogP contribution in [0.4, 0.5) is 0 Å². The summed E-state index contributed by atoms with van der Waals surface area (Å²) in [6.07, 6.45) is 5.32. The molecule has 1 heterocycles. The minimum absolute atomic E-state index is 0.00667. The lowest BCUT2D eigenvalue weighted by molar-refractivity contribution is -0.150. The van der Waals surface area contributed by atoms with E-state index in [9.17, 15) is 30.0 Å². The molecule has 4 bridgehead atoms. The summed E-state index contributed by atoms with van der Waals surface area (Å²) in [7, 11) is 0. The number of rotatable bonds is 1. The number of benzene rings is 1. The Morgan fingerprint density at radius 1 is 1.19 bits per heavy atom. The molecule has 4 aliphatic carbocycles. The molecule has 2 atom stereocenters. The molecule has 1 aromatic carbocycles. The number of carbonyl (C=O) groups is 2. The van der Waals surface area contributed by atoms with Crippen molar-refractivity contribution < 1.29 is 34.8 Å². The summed E-state index contributed by atoms with van der Waals surface area (Å²) in [5.74, 6) is -1.99. The first kappa shape index (κ1) is 22.5. The largest absolute Gasteiger partial charge is 0.507 e. The van der Waals surface area contributed by atoms with Crippen LogP contribution in [-0.4, -0.2) is 55.9 Å². The van der Waals surface area contributed by atoms with Crippen molar-refractivity contribution in [2.24, 2.45) is 0 Å². The van der Waals surface area contributed by atoms with Crippen molar-refractivity contribution in [2.75, 3.05) is 6.61 Å². The fourth-order valence-electron chi connectivity index (χ4n) is 4.70. The van der Waals surface area contributed by atoms with Gasteiger partial charge in [-0.05, 0) is 51.3 Å². The van der Waals surface area contributed by atoms with Crippen LogP contribution in [0.1, 0.15) is 66.3 Å². The quantitative estimate of drug-likeness (QED) is 0.495. The van der Waals surface area contributed by atoms with Crippen LogP contribution in [0.3, 0.4) is 0 Å². The molecule has 0 fully saturated rings. The first-order valence-corrected chi connectivity index (χ1v) is 10.7. The maximum atomic E-state index is 13.8. The number of ether oxygens (including phenoxy) is 1. The lowest BCUT2D eigenvalue weighted by Gasteiger charge is -2.48. The van der Waals surface area contributed by atoms with Gasteiger partial charge in [-0.2, -0.15) is 0 Å². The Balaban J connectivity index is 2.04. The Bertz CT molecular complexity index is 1110. The summed E-state index contributed by atoms with van der Waals surface area (Å²) in [4.78, 5) is 27.4. The predicted octanol–water partition coefficient (Wildman–Crippen LogP) is 2.90. The number of phenolic OH excluding ortho intramolecular Hbond substituents is 2. The van der Waals surface area contributed by atoms with Gasteiger partial charge in [-0.25, -0.2) is 0 Å². The van der Waals surface area contributed by atoms with E-state index in [2.05, 4.69) is 0 Å². The number of Topliss-reactive ketones (excluding diaryl/α,β-unsaturated/α-hetero) is 2. The average Bonchev–Trinajstić information content (AvgIpc) is 2.73. The number of hydrogen-bond donors (Lipinski definition) is 4. The molecule has 0 saturated heterocycles. The van der Waals surface area contributed by atoms with Crippen molar-refractivity contribution in [3.63, 3.8) is 0 Å². The van der Waals surface area contributed by atoms with E-state index in [4.69, 9.17) is 4.74 Å². The van der Waals surface area contributed by atoms with Gasteiger partial charge in [0.1, 0.15) is 17.6 Å². The molecular weight excluding hydrogens is 412 g/mol. The first-order valence-electron chi connectivity index (χ1n) is 10.7. The SMILES string of the molecule is CC1=CCC23OC(C)(C)C(O)C=C2C(=O)c2c(cc(O)c(c2O)CC(CO)=CCC1)C3=O. The van der Waals surface area contributed by atoms with Gasteiger partial charge in [-0.1, -0.05) is 17.7 Å². The van der Waals surface area contributed by atoms with E-state index in [0.717, 1.165) is 5.57 Å². The highest BCUT2D eigenvalue weighted by molar-refractivity contribution is 6.28. The molecule has 1 aromatic rings. The lowest BCUT2D eigenvalue weighted by Crippen LogP contribution is -2.59. The minimum Gasteiger partial charge on any atom is -0.507 e. The maximum absolute atomic E-state index is 13.8. The van der Waals surface area contributed by atoms with Crippen molar-refractivity contribution >= 4 is 11.6 Å². The van der Waals surface area contributed by atoms with Crippen LogP contribution in [0.15, 0.2) is 41.0 Å². The number of aliphatic hydroxyl groups excluding tert-OH is 2. The summed E-state index contributed by atoms with van der Waals surface area (Å²) in [6, 6.07) is 1.20. The summed E-state index contributed by atoms with van der Waals surface area (Å²) in [6.45, 7) is 4.95. The van der Waals surface area contributed by atoms with Crippen LogP contribution < -0.4 is 0 Å². The lowest BCUT2D eigenvalue weighted by atomic mass is 9.68. The molecule has 0 radical (unpaired) electrons. The van der Waals surface area contributed by atoms with E-state index >= 15 is 0 Å². The molecule has 6 rings (SSSR count). The van der Waals surface area contributed by atoms with Crippen LogP contribution in [0, 0.1) is 0 Å². The molecule has 4 N–H and O–H groups in total. The molecule has 2 unspecified atom stereocenters. The van der Waals surface area contributed by atoms with Gasteiger partial charge in [0, 0.05) is 29.5 Å². The molecule has 0 saturated carbocycles. The number of fused-ring (bicyclic) bond motifs is 1. The Labute approximate surface area is 186 Å². The van der Waals surface area contributed by atoms with E-state index in [1.807, 2.05) is 19.1 Å². The third-order valence-corrected chi connectivity index (χ3v) is 6.69. The maximum Gasteiger partial charge on any atom is 0.200 e. The Hall–Kier alpha value is -2.74. The van der Waals surface area contributed by atoms with Gasteiger partial charge in [0.2, 0.25) is 5.78 Å². The van der Waals surface area contributed by atoms with Crippen LogP contribution in [0.25, 0.3) is 0 Å². The van der Waals surface area contributed by atoms with Crippen molar-refractivity contribution in [1.82, 2.24) is 0 Å². The van der Waals surface area contributed by atoms with Crippen molar-refractivity contribution in [3.05, 3.63) is 57.7 Å². The van der Waals surface area contributed by atoms with Gasteiger partial charge in [0.05, 0.1) is 17.8 Å². The Kier molecular flexibility index (Phi) is 5.40. The van der Waals surface area contributed by atoms with E-state index in [-0.39, 0.29) is 47.5 Å². The molecule has 170 valence electrons.